The third-order valence-electron chi connectivity index (χ3n) is 5.02. The van der Waals surface area contributed by atoms with Crippen molar-refractivity contribution in [2.24, 2.45) is 0 Å². The van der Waals surface area contributed by atoms with Gasteiger partial charge in [-0.25, -0.2) is 9.37 Å². The molecule has 32 heavy (non-hydrogen) atoms. The topological polar surface area (TPSA) is 64.0 Å². The molecule has 2 heterocycles. The number of rotatable bonds is 6. The minimum Gasteiger partial charge on any atom is -0.325 e. The van der Waals surface area contributed by atoms with Crippen LogP contribution in [0.4, 0.5) is 10.1 Å². The number of amides is 1. The van der Waals surface area contributed by atoms with Gasteiger partial charge in [0.2, 0.25) is 5.91 Å². The predicted molar refractivity (Wildman–Crippen MR) is 130 cm³/mol. The van der Waals surface area contributed by atoms with Gasteiger partial charge >= 0.3 is 0 Å². The van der Waals surface area contributed by atoms with E-state index in [9.17, 15) is 14.0 Å². The minimum atomic E-state index is -0.343. The Hall–Kier alpha value is -2.97. The SMILES string of the molecule is Cc1cc(-n2c(SCC(=O)Nc3cccc(C(C)C)c3)nc3ccsc3c2=O)ccc1F. The van der Waals surface area contributed by atoms with Crippen molar-refractivity contribution in [1.82, 2.24) is 9.55 Å². The standard InChI is InChI=1S/C24H22FN3O2S2/c1-14(2)16-5-4-6-17(12-16)26-21(29)13-32-24-27-20-9-10-31-22(20)23(30)28(24)18-7-8-19(25)15(3)11-18/h4-12,14H,13H2,1-3H3,(H,26,29). The Morgan fingerprint density at radius 1 is 1.22 bits per heavy atom. The molecule has 0 unspecified atom stereocenters. The van der Waals surface area contributed by atoms with E-state index in [4.69, 9.17) is 0 Å². The van der Waals surface area contributed by atoms with Gasteiger partial charge in [-0.2, -0.15) is 0 Å². The Balaban J connectivity index is 1.62. The van der Waals surface area contributed by atoms with E-state index in [1.54, 1.807) is 25.1 Å². The zero-order chi connectivity index (χ0) is 22.8. The van der Waals surface area contributed by atoms with Crippen LogP contribution in [-0.2, 0) is 4.79 Å². The second-order valence-corrected chi connectivity index (χ2v) is 9.58. The highest BCUT2D eigenvalue weighted by atomic mass is 32.2. The number of aryl methyl sites for hydroxylation is 1. The van der Waals surface area contributed by atoms with E-state index in [0.29, 0.717) is 32.5 Å². The number of nitrogens with zero attached hydrogens (tertiary/aromatic N) is 2. The Morgan fingerprint density at radius 3 is 2.78 bits per heavy atom. The zero-order valence-corrected chi connectivity index (χ0v) is 19.5. The first-order valence-corrected chi connectivity index (χ1v) is 12.0. The van der Waals surface area contributed by atoms with Gasteiger partial charge in [0.05, 0.1) is 17.0 Å². The molecule has 0 atom stereocenters. The number of hydrogen-bond acceptors (Lipinski definition) is 5. The van der Waals surface area contributed by atoms with E-state index in [1.807, 2.05) is 29.6 Å². The molecule has 4 rings (SSSR count). The van der Waals surface area contributed by atoms with Gasteiger partial charge in [-0.15, -0.1) is 11.3 Å². The van der Waals surface area contributed by atoms with E-state index in [1.165, 1.54) is 33.7 Å². The van der Waals surface area contributed by atoms with Crippen LogP contribution in [0.1, 0.15) is 30.9 Å². The van der Waals surface area contributed by atoms with E-state index >= 15 is 0 Å². The average Bonchev–Trinajstić information content (AvgIpc) is 3.24. The summed E-state index contributed by atoms with van der Waals surface area (Å²) in [6, 6.07) is 14.0. The van der Waals surface area contributed by atoms with Crippen LogP contribution >= 0.6 is 23.1 Å². The Kier molecular flexibility index (Phi) is 6.43. The number of carbonyl (C=O) groups is 1. The second-order valence-electron chi connectivity index (χ2n) is 7.72. The molecule has 0 spiro atoms. The van der Waals surface area contributed by atoms with E-state index in [-0.39, 0.29) is 23.0 Å². The number of fused-ring (bicyclic) bond motifs is 1. The van der Waals surface area contributed by atoms with Crippen LogP contribution in [-0.4, -0.2) is 21.2 Å². The zero-order valence-electron chi connectivity index (χ0n) is 17.9. The lowest BCUT2D eigenvalue weighted by atomic mass is 10.0. The van der Waals surface area contributed by atoms with Gasteiger partial charge in [-0.1, -0.05) is 37.7 Å². The molecule has 0 aliphatic heterocycles. The normalized spacial score (nSPS) is 11.3. The molecule has 0 saturated carbocycles. The van der Waals surface area contributed by atoms with Crippen LogP contribution in [0.5, 0.6) is 0 Å². The van der Waals surface area contributed by atoms with Gasteiger partial charge in [0.1, 0.15) is 10.5 Å². The smallest absolute Gasteiger partial charge is 0.276 e. The quantitative estimate of drug-likeness (QED) is 0.290. The third-order valence-corrected chi connectivity index (χ3v) is 6.85. The van der Waals surface area contributed by atoms with Crippen molar-refractivity contribution in [2.45, 2.75) is 31.8 Å². The fourth-order valence-corrected chi connectivity index (χ4v) is 4.86. The largest absolute Gasteiger partial charge is 0.325 e. The summed E-state index contributed by atoms with van der Waals surface area (Å²) in [4.78, 5) is 30.4. The van der Waals surface area contributed by atoms with Gasteiger partial charge in [0, 0.05) is 5.69 Å². The predicted octanol–water partition coefficient (Wildman–Crippen LogP) is 5.75. The lowest BCUT2D eigenvalue weighted by Gasteiger charge is -2.13. The Bertz CT molecular complexity index is 1360. The van der Waals surface area contributed by atoms with Gasteiger partial charge in [-0.3, -0.25) is 14.2 Å². The molecule has 1 N–H and O–H groups in total. The highest BCUT2D eigenvalue weighted by Crippen LogP contribution is 2.25. The van der Waals surface area contributed by atoms with Crippen molar-refractivity contribution < 1.29 is 9.18 Å². The van der Waals surface area contributed by atoms with Gasteiger partial charge in [0.25, 0.3) is 5.56 Å². The van der Waals surface area contributed by atoms with Crippen LogP contribution in [0.15, 0.2) is 63.9 Å². The number of aromatic nitrogens is 2. The summed E-state index contributed by atoms with van der Waals surface area (Å²) >= 11 is 2.48. The van der Waals surface area contributed by atoms with Crippen LogP contribution in [0.2, 0.25) is 0 Å². The van der Waals surface area contributed by atoms with Crippen LogP contribution in [0.3, 0.4) is 0 Å². The highest BCUT2D eigenvalue weighted by Gasteiger charge is 2.16. The minimum absolute atomic E-state index is 0.0775. The van der Waals surface area contributed by atoms with E-state index in [0.717, 1.165) is 11.3 Å². The average molecular weight is 468 g/mol. The molecule has 0 aliphatic carbocycles. The molecule has 8 heteroatoms. The molecule has 0 bridgehead atoms. The van der Waals surface area contributed by atoms with Gasteiger partial charge in [-0.05, 0) is 65.7 Å². The van der Waals surface area contributed by atoms with Crippen molar-refractivity contribution >= 4 is 44.9 Å². The molecule has 4 aromatic rings. The highest BCUT2D eigenvalue weighted by molar-refractivity contribution is 7.99. The van der Waals surface area contributed by atoms with Crippen LogP contribution < -0.4 is 10.9 Å². The molecule has 1 amide bonds. The number of benzene rings is 2. The van der Waals surface area contributed by atoms with Crippen molar-refractivity contribution in [3.63, 3.8) is 0 Å². The summed E-state index contributed by atoms with van der Waals surface area (Å²) < 4.78 is 15.8. The molecule has 0 fully saturated rings. The Morgan fingerprint density at radius 2 is 2.03 bits per heavy atom. The number of halogens is 1. The molecule has 164 valence electrons. The van der Waals surface area contributed by atoms with Gasteiger partial charge in [0.15, 0.2) is 5.16 Å². The maximum atomic E-state index is 13.8. The van der Waals surface area contributed by atoms with E-state index in [2.05, 4.69) is 24.1 Å². The molecule has 2 aromatic heterocycles. The van der Waals surface area contributed by atoms with Crippen molar-refractivity contribution in [2.75, 3.05) is 11.1 Å². The maximum Gasteiger partial charge on any atom is 0.276 e. The lowest BCUT2D eigenvalue weighted by molar-refractivity contribution is -0.113. The third kappa shape index (κ3) is 4.61. The summed E-state index contributed by atoms with van der Waals surface area (Å²) in [5.41, 5.74) is 3.17. The van der Waals surface area contributed by atoms with Crippen LogP contribution in [0, 0.1) is 12.7 Å². The van der Waals surface area contributed by atoms with Crippen molar-refractivity contribution in [1.29, 1.82) is 0 Å². The molecule has 0 saturated heterocycles. The number of thiophene rings is 1. The lowest BCUT2D eigenvalue weighted by Crippen LogP contribution is -2.22. The first-order valence-electron chi connectivity index (χ1n) is 10.1. The van der Waals surface area contributed by atoms with E-state index < -0.39 is 0 Å². The Labute approximate surface area is 193 Å². The fraction of sp³-hybridized carbons (Fsp3) is 0.208. The van der Waals surface area contributed by atoms with Crippen LogP contribution in [0.25, 0.3) is 15.9 Å². The van der Waals surface area contributed by atoms with Gasteiger partial charge < -0.3 is 5.32 Å². The molecule has 2 aromatic carbocycles. The number of hydrogen-bond donors (Lipinski definition) is 1. The molecule has 5 nitrogen and oxygen atoms in total. The summed E-state index contributed by atoms with van der Waals surface area (Å²) in [6.07, 6.45) is 0. The van der Waals surface area contributed by atoms with Crippen molar-refractivity contribution in [3.05, 3.63) is 81.2 Å². The summed E-state index contributed by atoms with van der Waals surface area (Å²) in [5, 5.41) is 5.10. The first-order chi connectivity index (χ1) is 15.3. The summed E-state index contributed by atoms with van der Waals surface area (Å²) in [7, 11) is 0. The molecule has 0 aliphatic rings. The number of thioether (sulfide) groups is 1. The van der Waals surface area contributed by atoms with Crippen molar-refractivity contribution in [3.8, 4) is 5.69 Å². The fourth-order valence-electron chi connectivity index (χ4n) is 3.29. The summed E-state index contributed by atoms with van der Waals surface area (Å²) in [6.45, 7) is 5.84. The second kappa shape index (κ2) is 9.26. The number of carbonyl (C=O) groups excluding carboxylic acids is 1. The number of nitrogens with one attached hydrogen (secondary N) is 1. The first kappa shape index (κ1) is 22.2. The molecular formula is C24H22FN3O2S2. The molecule has 0 radical (unpaired) electrons. The summed E-state index contributed by atoms with van der Waals surface area (Å²) in [5.74, 6) is -0.105. The maximum absolute atomic E-state index is 13.8. The molecular weight excluding hydrogens is 445 g/mol. The number of anilines is 1. The monoisotopic (exact) mass is 467 g/mol.